The Hall–Kier alpha value is -2.30. The standard InChI is InChI=1S/C16H10Cl2N2O2/c17-12-3-1-2-11(9-12)15-19-16(22-20-15)14(18)8-10-4-6-13(21)7-5-10/h1-9,21H/b14-8-. The summed E-state index contributed by atoms with van der Waals surface area (Å²) in [5.74, 6) is 0.814. The number of phenols is 1. The second-order valence-corrected chi connectivity index (χ2v) is 5.36. The molecule has 6 heteroatoms. The minimum absolute atomic E-state index is 0.189. The first-order valence-corrected chi connectivity index (χ1v) is 7.14. The van der Waals surface area contributed by atoms with Gasteiger partial charge in [0.1, 0.15) is 10.8 Å². The van der Waals surface area contributed by atoms with E-state index in [1.165, 1.54) is 0 Å². The molecule has 1 heterocycles. The molecule has 0 aliphatic heterocycles. The fourth-order valence-corrected chi connectivity index (χ4v) is 2.24. The van der Waals surface area contributed by atoms with Crippen LogP contribution in [0.4, 0.5) is 0 Å². The van der Waals surface area contributed by atoms with Crippen molar-refractivity contribution in [2.75, 3.05) is 0 Å². The fraction of sp³-hybridized carbons (Fsp3) is 0. The molecule has 0 fully saturated rings. The van der Waals surface area contributed by atoms with Crippen molar-refractivity contribution in [1.82, 2.24) is 10.1 Å². The van der Waals surface area contributed by atoms with E-state index in [2.05, 4.69) is 10.1 Å². The number of rotatable bonds is 3. The molecule has 0 aliphatic rings. The zero-order valence-corrected chi connectivity index (χ0v) is 12.7. The predicted octanol–water partition coefficient (Wildman–Crippen LogP) is 4.83. The monoisotopic (exact) mass is 332 g/mol. The molecule has 0 atom stereocenters. The van der Waals surface area contributed by atoms with E-state index in [4.69, 9.17) is 27.7 Å². The Bertz CT molecular complexity index is 826. The summed E-state index contributed by atoms with van der Waals surface area (Å²) in [4.78, 5) is 4.25. The Balaban J connectivity index is 1.88. The van der Waals surface area contributed by atoms with Gasteiger partial charge in [0.2, 0.25) is 5.82 Å². The van der Waals surface area contributed by atoms with Gasteiger partial charge in [0, 0.05) is 10.6 Å². The van der Waals surface area contributed by atoms with Crippen LogP contribution in [0.15, 0.2) is 53.1 Å². The van der Waals surface area contributed by atoms with E-state index in [1.807, 2.05) is 12.1 Å². The summed E-state index contributed by atoms with van der Waals surface area (Å²) in [7, 11) is 0. The molecule has 3 rings (SSSR count). The topological polar surface area (TPSA) is 59.2 Å². The Labute approximate surface area is 136 Å². The number of nitrogens with zero attached hydrogens (tertiary/aromatic N) is 2. The van der Waals surface area contributed by atoms with Crippen LogP contribution in [0, 0.1) is 0 Å². The second kappa shape index (κ2) is 6.22. The molecule has 0 unspecified atom stereocenters. The summed E-state index contributed by atoms with van der Waals surface area (Å²) < 4.78 is 5.16. The molecule has 0 saturated carbocycles. The van der Waals surface area contributed by atoms with Crippen LogP contribution >= 0.6 is 23.2 Å². The summed E-state index contributed by atoms with van der Waals surface area (Å²) >= 11 is 12.1. The molecule has 0 spiro atoms. The molecule has 22 heavy (non-hydrogen) atoms. The summed E-state index contributed by atoms with van der Waals surface area (Å²) in [6.45, 7) is 0. The highest BCUT2D eigenvalue weighted by atomic mass is 35.5. The molecule has 0 bridgehead atoms. The fourth-order valence-electron chi connectivity index (χ4n) is 1.84. The number of hydrogen-bond acceptors (Lipinski definition) is 4. The largest absolute Gasteiger partial charge is 0.508 e. The molecule has 0 saturated heterocycles. The van der Waals surface area contributed by atoms with E-state index >= 15 is 0 Å². The highest BCUT2D eigenvalue weighted by molar-refractivity contribution is 6.50. The minimum atomic E-state index is 0.189. The zero-order valence-electron chi connectivity index (χ0n) is 11.2. The van der Waals surface area contributed by atoms with Gasteiger partial charge in [-0.15, -0.1) is 0 Å². The lowest BCUT2D eigenvalue weighted by atomic mass is 10.2. The smallest absolute Gasteiger partial charge is 0.269 e. The molecule has 1 aromatic heterocycles. The molecule has 110 valence electrons. The summed E-state index contributed by atoms with van der Waals surface area (Å²) in [6.07, 6.45) is 1.68. The van der Waals surface area contributed by atoms with Crippen molar-refractivity contribution in [3.8, 4) is 17.1 Å². The molecule has 1 N–H and O–H groups in total. The Morgan fingerprint density at radius 1 is 1.14 bits per heavy atom. The number of halogens is 2. The van der Waals surface area contributed by atoms with E-state index in [0.29, 0.717) is 15.9 Å². The maximum absolute atomic E-state index is 9.25. The number of aromatic hydroxyl groups is 1. The summed E-state index contributed by atoms with van der Waals surface area (Å²) in [5, 5.41) is 14.1. The lowest BCUT2D eigenvalue weighted by molar-refractivity contribution is 0.410. The van der Waals surface area contributed by atoms with Gasteiger partial charge in [0.15, 0.2) is 0 Å². The van der Waals surface area contributed by atoms with Gasteiger partial charge in [-0.3, -0.25) is 0 Å². The molecule has 0 radical (unpaired) electrons. The van der Waals surface area contributed by atoms with Gasteiger partial charge < -0.3 is 9.63 Å². The van der Waals surface area contributed by atoms with Crippen molar-refractivity contribution in [3.63, 3.8) is 0 Å². The van der Waals surface area contributed by atoms with Gasteiger partial charge >= 0.3 is 0 Å². The highest BCUT2D eigenvalue weighted by Crippen LogP contribution is 2.25. The van der Waals surface area contributed by atoms with Crippen LogP contribution in [0.3, 0.4) is 0 Å². The molecular weight excluding hydrogens is 323 g/mol. The molecule has 3 aromatic rings. The van der Waals surface area contributed by atoms with Crippen molar-refractivity contribution < 1.29 is 9.63 Å². The van der Waals surface area contributed by atoms with Crippen molar-refractivity contribution in [2.24, 2.45) is 0 Å². The van der Waals surface area contributed by atoms with Gasteiger partial charge in [-0.1, -0.05) is 52.6 Å². The molecular formula is C16H10Cl2N2O2. The number of phenolic OH excluding ortho intramolecular Hbond substituents is 1. The van der Waals surface area contributed by atoms with E-state index in [0.717, 1.165) is 11.1 Å². The SMILES string of the molecule is Oc1ccc(/C=C(\Cl)c2nc(-c3cccc(Cl)c3)no2)cc1. The van der Waals surface area contributed by atoms with Crippen LogP contribution in [0.2, 0.25) is 5.02 Å². The van der Waals surface area contributed by atoms with Crippen molar-refractivity contribution >= 4 is 34.3 Å². The van der Waals surface area contributed by atoms with Gasteiger partial charge in [0.25, 0.3) is 5.89 Å². The van der Waals surface area contributed by atoms with Crippen LogP contribution < -0.4 is 0 Å². The first-order chi connectivity index (χ1) is 10.6. The van der Waals surface area contributed by atoms with Gasteiger partial charge in [0.05, 0.1) is 0 Å². The number of benzene rings is 2. The number of hydrogen-bond donors (Lipinski definition) is 1. The number of aromatic nitrogens is 2. The molecule has 0 aliphatic carbocycles. The molecule has 0 amide bonds. The van der Waals surface area contributed by atoms with Gasteiger partial charge in [-0.05, 0) is 35.9 Å². The van der Waals surface area contributed by atoms with Gasteiger partial charge in [-0.25, -0.2) is 0 Å². The van der Waals surface area contributed by atoms with Crippen LogP contribution in [-0.4, -0.2) is 15.2 Å². The van der Waals surface area contributed by atoms with E-state index in [-0.39, 0.29) is 11.6 Å². The van der Waals surface area contributed by atoms with Crippen molar-refractivity contribution in [3.05, 3.63) is 65.0 Å². The first kappa shape index (κ1) is 14.6. The normalized spacial score (nSPS) is 11.6. The lowest BCUT2D eigenvalue weighted by Gasteiger charge is -1.95. The summed E-state index contributed by atoms with van der Waals surface area (Å²) in [5.41, 5.74) is 1.56. The third-order valence-electron chi connectivity index (χ3n) is 2.90. The third-order valence-corrected chi connectivity index (χ3v) is 3.41. The second-order valence-electron chi connectivity index (χ2n) is 4.52. The van der Waals surface area contributed by atoms with Crippen LogP contribution in [0.5, 0.6) is 5.75 Å². The Morgan fingerprint density at radius 2 is 1.91 bits per heavy atom. The Morgan fingerprint density at radius 3 is 2.64 bits per heavy atom. The average molecular weight is 333 g/mol. The molecule has 4 nitrogen and oxygen atoms in total. The van der Waals surface area contributed by atoms with E-state index in [9.17, 15) is 5.11 Å². The minimum Gasteiger partial charge on any atom is -0.508 e. The first-order valence-electron chi connectivity index (χ1n) is 6.38. The van der Waals surface area contributed by atoms with Crippen LogP contribution in [-0.2, 0) is 0 Å². The van der Waals surface area contributed by atoms with Crippen LogP contribution in [0.1, 0.15) is 11.5 Å². The van der Waals surface area contributed by atoms with E-state index in [1.54, 1.807) is 42.5 Å². The maximum atomic E-state index is 9.25. The summed E-state index contributed by atoms with van der Waals surface area (Å²) in [6, 6.07) is 13.7. The highest BCUT2D eigenvalue weighted by Gasteiger charge is 2.11. The predicted molar refractivity (Wildman–Crippen MR) is 86.6 cm³/mol. The maximum Gasteiger partial charge on any atom is 0.269 e. The van der Waals surface area contributed by atoms with E-state index < -0.39 is 0 Å². The van der Waals surface area contributed by atoms with Crippen molar-refractivity contribution in [1.29, 1.82) is 0 Å². The lowest BCUT2D eigenvalue weighted by Crippen LogP contribution is -1.81. The zero-order chi connectivity index (χ0) is 15.5. The van der Waals surface area contributed by atoms with Crippen molar-refractivity contribution in [2.45, 2.75) is 0 Å². The Kier molecular flexibility index (Phi) is 4.13. The van der Waals surface area contributed by atoms with Crippen LogP contribution in [0.25, 0.3) is 22.5 Å². The quantitative estimate of drug-likeness (QED) is 0.746. The van der Waals surface area contributed by atoms with Gasteiger partial charge in [-0.2, -0.15) is 4.98 Å². The average Bonchev–Trinajstić information content (AvgIpc) is 3.00. The third kappa shape index (κ3) is 3.30. The molecule has 2 aromatic carbocycles.